The van der Waals surface area contributed by atoms with Gasteiger partial charge in [-0.05, 0) is 37.1 Å². The van der Waals surface area contributed by atoms with Crippen LogP contribution in [0.5, 0.6) is 11.8 Å². The number of hydrogen-bond acceptors (Lipinski definition) is 9. The molecule has 3 aromatic heterocycles. The Morgan fingerprint density at radius 2 is 2.11 bits per heavy atom. The van der Waals surface area contributed by atoms with Crippen molar-refractivity contribution in [2.75, 3.05) is 13.1 Å². The third kappa shape index (κ3) is 4.12. The number of pyridine rings is 1. The lowest BCUT2D eigenvalue weighted by Gasteiger charge is -2.14. The van der Waals surface area contributed by atoms with E-state index in [2.05, 4.69) is 20.7 Å². The number of aryl methyl sites for hydroxylation is 1. The highest BCUT2D eigenvalue weighted by Crippen LogP contribution is 2.26. The molecule has 146 valence electrons. The van der Waals surface area contributed by atoms with Gasteiger partial charge in [0.1, 0.15) is 18.1 Å². The highest BCUT2D eigenvalue weighted by Gasteiger charge is 2.19. The Morgan fingerprint density at radius 3 is 2.89 bits per heavy atom. The average molecular weight is 385 g/mol. The number of rotatable bonds is 6. The van der Waals surface area contributed by atoms with Gasteiger partial charge in [0.05, 0.1) is 17.3 Å². The molecule has 28 heavy (non-hydrogen) atoms. The molecule has 0 spiro atoms. The average Bonchev–Trinajstić information content (AvgIpc) is 3.43. The summed E-state index contributed by atoms with van der Waals surface area (Å²) in [5.74, 6) is 0.737. The molecule has 0 unspecified atom stereocenters. The number of aromatic nitrogens is 3. The summed E-state index contributed by atoms with van der Waals surface area (Å²) in [6.07, 6.45) is 3.14. The van der Waals surface area contributed by atoms with Gasteiger partial charge in [-0.1, -0.05) is 11.2 Å². The van der Waals surface area contributed by atoms with Crippen LogP contribution in [-0.4, -0.2) is 39.5 Å². The van der Waals surface area contributed by atoms with Crippen LogP contribution in [-0.2, 0) is 6.61 Å². The largest absolute Gasteiger partial charge is 0.470 e. The molecule has 3 aromatic rings. The van der Waals surface area contributed by atoms with E-state index in [0.717, 1.165) is 31.5 Å². The lowest BCUT2D eigenvalue weighted by molar-refractivity contribution is 0.144. The number of ether oxygens (including phenoxy) is 2. The highest BCUT2D eigenvalue weighted by atomic mass is 16.7. The number of nitrogens with one attached hydrogen (secondary N) is 1. The third-order valence-electron chi connectivity index (χ3n) is 4.27. The number of hydrazine groups is 1. The van der Waals surface area contributed by atoms with Gasteiger partial charge in [0.2, 0.25) is 0 Å². The van der Waals surface area contributed by atoms with Crippen molar-refractivity contribution in [1.82, 2.24) is 25.7 Å². The van der Waals surface area contributed by atoms with E-state index in [1.807, 2.05) is 18.2 Å². The van der Waals surface area contributed by atoms with Crippen LogP contribution in [0.15, 0.2) is 39.5 Å². The van der Waals surface area contributed by atoms with E-state index in [-0.39, 0.29) is 18.4 Å². The third-order valence-corrected chi connectivity index (χ3v) is 4.27. The van der Waals surface area contributed by atoms with Gasteiger partial charge < -0.3 is 18.5 Å². The molecule has 10 nitrogen and oxygen atoms in total. The second-order valence-corrected chi connectivity index (χ2v) is 6.25. The van der Waals surface area contributed by atoms with Crippen molar-refractivity contribution in [3.05, 3.63) is 41.8 Å². The first-order valence-corrected chi connectivity index (χ1v) is 8.88. The molecule has 0 radical (unpaired) electrons. The molecule has 0 aliphatic carbocycles. The maximum Gasteiger partial charge on any atom is 0.429 e. The van der Waals surface area contributed by atoms with Crippen molar-refractivity contribution in [3.8, 4) is 23.2 Å². The quantitative estimate of drug-likeness (QED) is 0.683. The second kappa shape index (κ2) is 8.09. The fraction of sp³-hybridized carbons (Fsp3) is 0.333. The first-order chi connectivity index (χ1) is 13.7. The molecule has 1 aliphatic rings. The fourth-order valence-electron chi connectivity index (χ4n) is 2.84. The zero-order chi connectivity index (χ0) is 19.3. The predicted octanol–water partition coefficient (Wildman–Crippen LogP) is 2.71. The Bertz CT molecular complexity index is 933. The lowest BCUT2D eigenvalue weighted by atomic mass is 10.1. The van der Waals surface area contributed by atoms with E-state index in [4.69, 9.17) is 18.5 Å². The minimum atomic E-state index is -0.628. The van der Waals surface area contributed by atoms with Gasteiger partial charge in [0, 0.05) is 19.3 Å². The van der Waals surface area contributed by atoms with Crippen LogP contribution in [0.1, 0.15) is 24.2 Å². The van der Waals surface area contributed by atoms with E-state index in [0.29, 0.717) is 17.1 Å². The lowest BCUT2D eigenvalue weighted by Crippen LogP contribution is -2.41. The standard InChI is InChI=1S/C18H19N5O5/c1-12-13(17(22-27-12)14-6-2-3-7-19-14)11-25-15-10-16(28-21-15)26-18(24)20-23-8-4-5-9-23/h2-3,6-7,10H,4-5,8-9,11H2,1H3,(H,20,24). The smallest absolute Gasteiger partial charge is 0.429 e. The number of carbonyl (C=O) groups is 1. The number of amides is 1. The molecule has 0 saturated carbocycles. The molecule has 1 amide bonds. The minimum absolute atomic E-state index is 0.0568. The van der Waals surface area contributed by atoms with Gasteiger partial charge in [-0.15, -0.1) is 0 Å². The van der Waals surface area contributed by atoms with Crippen molar-refractivity contribution >= 4 is 6.09 Å². The van der Waals surface area contributed by atoms with Gasteiger partial charge in [-0.25, -0.2) is 9.80 Å². The van der Waals surface area contributed by atoms with E-state index >= 15 is 0 Å². The SMILES string of the molecule is Cc1onc(-c2ccccn2)c1COc1cc(OC(=O)NN2CCCC2)on1. The summed E-state index contributed by atoms with van der Waals surface area (Å²) in [5, 5.41) is 9.59. The molecule has 0 atom stereocenters. The maximum absolute atomic E-state index is 11.8. The van der Waals surface area contributed by atoms with Gasteiger partial charge in [-0.2, -0.15) is 0 Å². The summed E-state index contributed by atoms with van der Waals surface area (Å²) < 4.78 is 21.0. The number of nitrogens with zero attached hydrogens (tertiary/aromatic N) is 4. The van der Waals surface area contributed by atoms with Gasteiger partial charge in [-0.3, -0.25) is 10.4 Å². The number of hydrogen-bond donors (Lipinski definition) is 1. The topological polar surface area (TPSA) is 116 Å². The molecule has 0 bridgehead atoms. The molecule has 10 heteroatoms. The normalized spacial score (nSPS) is 14.2. The molecule has 1 fully saturated rings. The summed E-state index contributed by atoms with van der Waals surface area (Å²) in [6.45, 7) is 3.54. The van der Waals surface area contributed by atoms with Crippen LogP contribution in [0, 0.1) is 6.92 Å². The molecular formula is C18H19N5O5. The van der Waals surface area contributed by atoms with E-state index < -0.39 is 6.09 Å². The van der Waals surface area contributed by atoms with Crippen LogP contribution < -0.4 is 14.9 Å². The predicted molar refractivity (Wildman–Crippen MR) is 95.3 cm³/mol. The molecule has 1 aliphatic heterocycles. The van der Waals surface area contributed by atoms with Gasteiger partial charge in [0.25, 0.3) is 5.88 Å². The van der Waals surface area contributed by atoms with E-state index in [1.54, 1.807) is 18.1 Å². The Balaban J connectivity index is 1.36. The summed E-state index contributed by atoms with van der Waals surface area (Å²) in [5.41, 5.74) is 4.67. The fourth-order valence-corrected chi connectivity index (χ4v) is 2.84. The number of carbonyl (C=O) groups excluding carboxylic acids is 1. The van der Waals surface area contributed by atoms with Crippen LogP contribution in [0.25, 0.3) is 11.4 Å². The van der Waals surface area contributed by atoms with Crippen LogP contribution in [0.2, 0.25) is 0 Å². The monoisotopic (exact) mass is 385 g/mol. The molecule has 4 heterocycles. The maximum atomic E-state index is 11.8. The molecule has 1 saturated heterocycles. The summed E-state index contributed by atoms with van der Waals surface area (Å²) >= 11 is 0. The zero-order valence-electron chi connectivity index (χ0n) is 15.3. The van der Waals surface area contributed by atoms with Crippen LogP contribution in [0.3, 0.4) is 0 Å². The summed E-state index contributed by atoms with van der Waals surface area (Å²) in [6, 6.07) is 6.92. The Kier molecular flexibility index (Phi) is 5.20. The Hall–Kier alpha value is -3.40. The van der Waals surface area contributed by atoms with Crippen molar-refractivity contribution in [2.24, 2.45) is 0 Å². The summed E-state index contributed by atoms with van der Waals surface area (Å²) in [7, 11) is 0. The van der Waals surface area contributed by atoms with Crippen molar-refractivity contribution in [3.63, 3.8) is 0 Å². The van der Waals surface area contributed by atoms with Crippen molar-refractivity contribution < 1.29 is 23.3 Å². The van der Waals surface area contributed by atoms with Crippen molar-refractivity contribution in [2.45, 2.75) is 26.4 Å². The molecular weight excluding hydrogens is 366 g/mol. The first kappa shape index (κ1) is 18.0. The Morgan fingerprint density at radius 1 is 1.25 bits per heavy atom. The van der Waals surface area contributed by atoms with Crippen LogP contribution in [0.4, 0.5) is 4.79 Å². The van der Waals surface area contributed by atoms with Crippen molar-refractivity contribution in [1.29, 1.82) is 0 Å². The molecule has 0 aromatic carbocycles. The zero-order valence-corrected chi connectivity index (χ0v) is 15.3. The first-order valence-electron chi connectivity index (χ1n) is 8.88. The Labute approximate surface area is 160 Å². The molecule has 1 N–H and O–H groups in total. The van der Waals surface area contributed by atoms with Gasteiger partial charge in [0.15, 0.2) is 0 Å². The molecule has 4 rings (SSSR count). The van der Waals surface area contributed by atoms with Gasteiger partial charge >= 0.3 is 12.0 Å². The second-order valence-electron chi connectivity index (χ2n) is 6.25. The minimum Gasteiger partial charge on any atom is -0.470 e. The highest BCUT2D eigenvalue weighted by molar-refractivity contribution is 5.69. The van der Waals surface area contributed by atoms with E-state index in [1.165, 1.54) is 6.07 Å². The summed E-state index contributed by atoms with van der Waals surface area (Å²) in [4.78, 5) is 16.1. The van der Waals surface area contributed by atoms with Crippen LogP contribution >= 0.6 is 0 Å². The van der Waals surface area contributed by atoms with E-state index in [9.17, 15) is 4.79 Å².